The lowest BCUT2D eigenvalue weighted by Gasteiger charge is -2.39. The summed E-state index contributed by atoms with van der Waals surface area (Å²) < 4.78 is 10.9. The summed E-state index contributed by atoms with van der Waals surface area (Å²) in [6.45, 7) is 5.07. The van der Waals surface area contributed by atoms with Crippen molar-refractivity contribution in [3.8, 4) is 0 Å². The van der Waals surface area contributed by atoms with E-state index in [1.165, 1.54) is 0 Å². The van der Waals surface area contributed by atoms with Gasteiger partial charge in [0.25, 0.3) is 0 Å². The first kappa shape index (κ1) is 21.3. The molecule has 8 heteroatoms. The molecule has 1 aliphatic heterocycles. The molecule has 1 saturated heterocycles. The highest BCUT2D eigenvalue weighted by molar-refractivity contribution is 6.04. The van der Waals surface area contributed by atoms with Gasteiger partial charge in [-0.15, -0.1) is 0 Å². The Morgan fingerprint density at radius 3 is 2.43 bits per heavy atom. The Morgan fingerprint density at radius 2 is 1.79 bits per heavy atom. The van der Waals surface area contributed by atoms with Crippen LogP contribution in [-0.4, -0.2) is 75.2 Å². The second-order valence-corrected chi connectivity index (χ2v) is 7.68. The number of aryl methyl sites for hydroxylation is 1. The average Bonchev–Trinajstić information content (AvgIpc) is 2.88. The molecule has 0 saturated carbocycles. The third-order valence-corrected chi connectivity index (χ3v) is 5.90. The zero-order chi connectivity index (χ0) is 20.7. The number of benzene rings is 1. The van der Waals surface area contributed by atoms with Crippen molar-refractivity contribution < 1.29 is 39.8 Å². The molecule has 1 aromatic carbocycles. The number of ketones is 1. The minimum atomic E-state index is -1.49. The van der Waals surface area contributed by atoms with Gasteiger partial charge in [0.05, 0.1) is 19.3 Å². The maximum absolute atomic E-state index is 12.5. The third-order valence-electron chi connectivity index (χ3n) is 5.90. The molecule has 8 nitrogen and oxygen atoms in total. The number of fused-ring (bicyclic) bond motifs is 1. The Labute approximate surface area is 163 Å². The zero-order valence-corrected chi connectivity index (χ0v) is 16.2. The van der Waals surface area contributed by atoms with Crippen LogP contribution in [0.4, 0.5) is 0 Å². The SMILES string of the molecule is Cc1cc2c(c(C)c1CCO[C@@H]1O[C@H](CO)[C@@H](O)[C@H](O)[C@H]1O)C(=O)[C@H](C)[C@@H]2O. The van der Waals surface area contributed by atoms with Crippen LogP contribution in [0.3, 0.4) is 0 Å². The summed E-state index contributed by atoms with van der Waals surface area (Å²) in [4.78, 5) is 12.5. The van der Waals surface area contributed by atoms with Crippen LogP contribution in [0.1, 0.15) is 45.6 Å². The summed E-state index contributed by atoms with van der Waals surface area (Å²) in [5, 5.41) is 49.2. The molecule has 7 atom stereocenters. The van der Waals surface area contributed by atoms with Gasteiger partial charge in [-0.25, -0.2) is 0 Å². The molecule has 1 fully saturated rings. The van der Waals surface area contributed by atoms with Crippen molar-refractivity contribution in [2.75, 3.05) is 13.2 Å². The highest BCUT2D eigenvalue weighted by Gasteiger charge is 2.44. The predicted molar refractivity (Wildman–Crippen MR) is 97.8 cm³/mol. The minimum absolute atomic E-state index is 0.0731. The number of Topliss-reactive ketones (excluding diaryl/α,β-unsaturated/α-hetero) is 1. The molecular formula is C20H28O8. The lowest BCUT2D eigenvalue weighted by molar-refractivity contribution is -0.300. The van der Waals surface area contributed by atoms with Gasteiger partial charge in [0, 0.05) is 11.5 Å². The summed E-state index contributed by atoms with van der Waals surface area (Å²) in [7, 11) is 0. The molecule has 0 aromatic heterocycles. The maximum atomic E-state index is 12.5. The average molecular weight is 396 g/mol. The Bertz CT molecular complexity index is 746. The maximum Gasteiger partial charge on any atom is 0.186 e. The summed E-state index contributed by atoms with van der Waals surface area (Å²) in [5.41, 5.74) is 3.87. The number of carbonyl (C=O) groups excluding carboxylic acids is 1. The number of hydrogen-bond acceptors (Lipinski definition) is 8. The predicted octanol–water partition coefficient (Wildman–Crippen LogP) is -0.472. The van der Waals surface area contributed by atoms with Crippen LogP contribution in [0.25, 0.3) is 0 Å². The Hall–Kier alpha value is -1.39. The molecule has 1 heterocycles. The largest absolute Gasteiger partial charge is 0.394 e. The fourth-order valence-electron chi connectivity index (χ4n) is 4.12. The first-order chi connectivity index (χ1) is 13.2. The molecule has 0 unspecified atom stereocenters. The van der Waals surface area contributed by atoms with E-state index < -0.39 is 49.3 Å². The van der Waals surface area contributed by atoms with Crippen LogP contribution in [0.5, 0.6) is 0 Å². The molecule has 156 valence electrons. The van der Waals surface area contributed by atoms with Gasteiger partial charge in [-0.1, -0.05) is 13.0 Å². The van der Waals surface area contributed by atoms with Crippen molar-refractivity contribution in [1.29, 1.82) is 0 Å². The van der Waals surface area contributed by atoms with E-state index in [2.05, 4.69) is 0 Å². The number of ether oxygens (including phenoxy) is 2. The number of aliphatic hydroxyl groups is 5. The van der Waals surface area contributed by atoms with E-state index in [0.717, 1.165) is 16.7 Å². The van der Waals surface area contributed by atoms with Gasteiger partial charge in [0.1, 0.15) is 24.4 Å². The van der Waals surface area contributed by atoms with Crippen LogP contribution in [0, 0.1) is 19.8 Å². The summed E-state index contributed by atoms with van der Waals surface area (Å²) in [5.74, 6) is -0.537. The number of rotatable bonds is 5. The van der Waals surface area contributed by atoms with Gasteiger partial charge in [0.15, 0.2) is 12.1 Å². The molecule has 0 spiro atoms. The molecule has 2 aliphatic rings. The van der Waals surface area contributed by atoms with Gasteiger partial charge in [-0.05, 0) is 42.5 Å². The van der Waals surface area contributed by atoms with Crippen LogP contribution < -0.4 is 0 Å². The van der Waals surface area contributed by atoms with Gasteiger partial charge >= 0.3 is 0 Å². The van der Waals surface area contributed by atoms with E-state index in [1.54, 1.807) is 6.92 Å². The summed E-state index contributed by atoms with van der Waals surface area (Å²) in [6, 6.07) is 1.83. The smallest absolute Gasteiger partial charge is 0.186 e. The fraction of sp³-hybridized carbons (Fsp3) is 0.650. The van der Waals surface area contributed by atoms with E-state index in [1.807, 2.05) is 19.9 Å². The summed E-state index contributed by atoms with van der Waals surface area (Å²) >= 11 is 0. The van der Waals surface area contributed by atoms with Gasteiger partial charge in [0.2, 0.25) is 0 Å². The third kappa shape index (κ3) is 3.50. The number of aliphatic hydroxyl groups excluding tert-OH is 5. The molecule has 3 rings (SSSR count). The topological polar surface area (TPSA) is 137 Å². The van der Waals surface area contributed by atoms with Crippen molar-refractivity contribution in [2.24, 2.45) is 5.92 Å². The van der Waals surface area contributed by atoms with Crippen LogP contribution >= 0.6 is 0 Å². The Morgan fingerprint density at radius 1 is 1.11 bits per heavy atom. The van der Waals surface area contributed by atoms with Crippen LogP contribution in [0.15, 0.2) is 6.07 Å². The molecule has 0 bridgehead atoms. The second kappa shape index (κ2) is 8.16. The van der Waals surface area contributed by atoms with E-state index in [-0.39, 0.29) is 12.4 Å². The van der Waals surface area contributed by atoms with Gasteiger partial charge in [-0.3, -0.25) is 4.79 Å². The van der Waals surface area contributed by atoms with Crippen molar-refractivity contribution in [3.63, 3.8) is 0 Å². The van der Waals surface area contributed by atoms with Gasteiger partial charge in [-0.2, -0.15) is 0 Å². The monoisotopic (exact) mass is 396 g/mol. The minimum Gasteiger partial charge on any atom is -0.394 e. The highest BCUT2D eigenvalue weighted by atomic mass is 16.7. The molecule has 1 aliphatic carbocycles. The first-order valence-corrected chi connectivity index (χ1v) is 9.46. The standard InChI is InChI=1S/C20H28O8/c1-8-6-12-14(16(23)10(3)15(12)22)9(2)11(8)4-5-27-20-19(26)18(25)17(24)13(7-21)28-20/h6,10,13,15,17-22,24-26H,4-5,7H2,1-3H3/t10-,13-,15+,17-,18+,19-,20-/m1/s1. The Balaban J connectivity index is 1.72. The second-order valence-electron chi connectivity index (χ2n) is 7.68. The molecule has 1 aromatic rings. The normalized spacial score (nSPS) is 35.3. The first-order valence-electron chi connectivity index (χ1n) is 9.46. The molecular weight excluding hydrogens is 368 g/mol. The molecule has 5 N–H and O–H groups in total. The number of hydrogen-bond donors (Lipinski definition) is 5. The molecule has 0 radical (unpaired) electrons. The van der Waals surface area contributed by atoms with Crippen molar-refractivity contribution in [1.82, 2.24) is 0 Å². The quantitative estimate of drug-likeness (QED) is 0.451. The number of carbonyl (C=O) groups is 1. The Kier molecular flexibility index (Phi) is 6.21. The van der Waals surface area contributed by atoms with E-state index in [4.69, 9.17) is 9.47 Å². The van der Waals surface area contributed by atoms with E-state index >= 15 is 0 Å². The van der Waals surface area contributed by atoms with Crippen molar-refractivity contribution in [2.45, 2.75) is 64.0 Å². The van der Waals surface area contributed by atoms with Crippen molar-refractivity contribution >= 4 is 5.78 Å². The lowest BCUT2D eigenvalue weighted by atomic mass is 9.92. The molecule has 28 heavy (non-hydrogen) atoms. The lowest BCUT2D eigenvalue weighted by Crippen LogP contribution is -2.59. The van der Waals surface area contributed by atoms with Crippen molar-refractivity contribution in [3.05, 3.63) is 33.9 Å². The zero-order valence-electron chi connectivity index (χ0n) is 16.2. The molecule has 0 amide bonds. The highest BCUT2D eigenvalue weighted by Crippen LogP contribution is 2.39. The van der Waals surface area contributed by atoms with E-state index in [0.29, 0.717) is 17.5 Å². The van der Waals surface area contributed by atoms with Crippen LogP contribution in [-0.2, 0) is 15.9 Å². The van der Waals surface area contributed by atoms with E-state index in [9.17, 15) is 30.3 Å². The van der Waals surface area contributed by atoms with Gasteiger partial charge < -0.3 is 35.0 Å². The fourth-order valence-corrected chi connectivity index (χ4v) is 4.12. The summed E-state index contributed by atoms with van der Waals surface area (Å²) in [6.07, 6.45) is -6.93. The van der Waals surface area contributed by atoms with Crippen LogP contribution in [0.2, 0.25) is 0 Å².